The summed E-state index contributed by atoms with van der Waals surface area (Å²) in [6.45, 7) is 2.93. The van der Waals surface area contributed by atoms with Crippen LogP contribution in [0.2, 0.25) is 0 Å². The van der Waals surface area contributed by atoms with Gasteiger partial charge < -0.3 is 35.1 Å². The largest absolute Gasteiger partial charge is 0.547 e. The molecule has 3 N–H and O–H groups in total. The van der Waals surface area contributed by atoms with Crippen molar-refractivity contribution in [2.75, 3.05) is 19.6 Å². The summed E-state index contributed by atoms with van der Waals surface area (Å²) < 4.78 is 0. The van der Waals surface area contributed by atoms with E-state index in [0.717, 1.165) is 25.9 Å². The number of nitrogens with zero attached hydrogens (tertiary/aromatic N) is 1. The van der Waals surface area contributed by atoms with Gasteiger partial charge in [-0.15, -0.1) is 6.42 Å². The van der Waals surface area contributed by atoms with E-state index in [1.54, 1.807) is 0 Å². The number of hydrogen-bond donors (Lipinski definition) is 3. The lowest BCUT2D eigenvalue weighted by Crippen LogP contribution is -2.58. The van der Waals surface area contributed by atoms with Crippen LogP contribution in [0.5, 0.6) is 0 Å². The van der Waals surface area contributed by atoms with Crippen molar-refractivity contribution in [3.8, 4) is 12.3 Å². The zero-order valence-corrected chi connectivity index (χ0v) is 11.3. The molecule has 0 saturated carbocycles. The highest BCUT2D eigenvalue weighted by molar-refractivity contribution is 5.80. The monoisotopic (exact) mass is 299 g/mol. The van der Waals surface area contributed by atoms with Crippen LogP contribution in [0.3, 0.4) is 0 Å². The van der Waals surface area contributed by atoms with E-state index in [2.05, 4.69) is 10.8 Å². The smallest absolute Gasteiger partial charge is 0.140 e. The quantitative estimate of drug-likeness (QED) is 0.441. The van der Waals surface area contributed by atoms with Gasteiger partial charge in [-0.3, -0.25) is 4.90 Å². The number of rotatable bonds is 3. The molecule has 0 amide bonds. The van der Waals surface area contributed by atoms with E-state index in [1.807, 2.05) is 0 Å². The lowest BCUT2D eigenvalue weighted by Gasteiger charge is -2.47. The second kappa shape index (κ2) is 6.87. The molecule has 2 bridgehead atoms. The van der Waals surface area contributed by atoms with Crippen LogP contribution in [0.4, 0.5) is 0 Å². The summed E-state index contributed by atoms with van der Waals surface area (Å²) in [4.78, 5) is 21.5. The Morgan fingerprint density at radius 3 is 1.81 bits per heavy atom. The molecule has 0 aromatic carbocycles. The van der Waals surface area contributed by atoms with Crippen molar-refractivity contribution >= 4 is 11.9 Å². The zero-order valence-electron chi connectivity index (χ0n) is 11.3. The summed E-state index contributed by atoms with van der Waals surface area (Å²) in [6, 6.07) is 0. The first-order valence-electron chi connectivity index (χ1n) is 6.41. The molecule has 3 saturated heterocycles. The highest BCUT2D eigenvalue weighted by atomic mass is 16.4. The number of aliphatic carboxylic acids is 2. The molecule has 0 aliphatic carbocycles. The minimum Gasteiger partial charge on any atom is -0.547 e. The number of hydrogen-bond acceptors (Lipinski definition) is 8. The third-order valence-electron chi connectivity index (χ3n) is 3.76. The predicted molar refractivity (Wildman–Crippen MR) is 65.0 cm³/mol. The molecule has 3 rings (SSSR count). The number of aliphatic hydroxyl groups excluding tert-OH is 2. The van der Waals surface area contributed by atoms with Crippen LogP contribution >= 0.6 is 0 Å². The molecule has 3 fully saturated rings. The molecule has 0 spiro atoms. The minimum atomic E-state index is -2.44. The fourth-order valence-electron chi connectivity index (χ4n) is 2.46. The SMILES string of the molecule is C#C[C@@]1(O)CN2CCC1CC2.O=C([O-])[C@H](O)[C@@H](O)C(=O)[O-]. The molecule has 118 valence electrons. The predicted octanol–water partition coefficient (Wildman–Crippen LogP) is -4.72. The fourth-order valence-corrected chi connectivity index (χ4v) is 2.46. The molecule has 3 atom stereocenters. The normalized spacial score (nSPS) is 33.0. The fraction of sp³-hybridized carbons (Fsp3) is 0.692. The van der Waals surface area contributed by atoms with Crippen molar-refractivity contribution in [2.24, 2.45) is 5.92 Å². The average molecular weight is 299 g/mol. The number of carbonyl (C=O) groups excluding carboxylic acids is 2. The Kier molecular flexibility index (Phi) is 5.69. The van der Waals surface area contributed by atoms with Crippen LogP contribution in [0.15, 0.2) is 0 Å². The second-order valence-corrected chi connectivity index (χ2v) is 5.15. The molecule has 0 aromatic heterocycles. The summed E-state index contributed by atoms with van der Waals surface area (Å²) in [7, 11) is 0. The molecule has 0 aromatic rings. The summed E-state index contributed by atoms with van der Waals surface area (Å²) in [5.41, 5.74) is -0.809. The van der Waals surface area contributed by atoms with Crippen LogP contribution in [0.25, 0.3) is 0 Å². The molecular formula is C13H17NO7-2. The maximum atomic E-state index is 9.89. The summed E-state index contributed by atoms with van der Waals surface area (Å²) in [5, 5.41) is 45.6. The van der Waals surface area contributed by atoms with E-state index in [-0.39, 0.29) is 0 Å². The van der Waals surface area contributed by atoms with Gasteiger partial charge in [0.25, 0.3) is 0 Å². The third-order valence-corrected chi connectivity index (χ3v) is 3.76. The van der Waals surface area contributed by atoms with Gasteiger partial charge in [0.05, 0.1) is 11.9 Å². The minimum absolute atomic E-state index is 0.359. The summed E-state index contributed by atoms with van der Waals surface area (Å²) in [6.07, 6.45) is 2.56. The molecular weight excluding hydrogens is 282 g/mol. The third kappa shape index (κ3) is 4.15. The van der Waals surface area contributed by atoms with Crippen molar-refractivity contribution in [3.05, 3.63) is 0 Å². The van der Waals surface area contributed by atoms with E-state index in [1.165, 1.54) is 0 Å². The van der Waals surface area contributed by atoms with Gasteiger partial charge >= 0.3 is 0 Å². The van der Waals surface area contributed by atoms with E-state index in [9.17, 15) is 24.9 Å². The van der Waals surface area contributed by atoms with Gasteiger partial charge in [-0.25, -0.2) is 0 Å². The molecule has 21 heavy (non-hydrogen) atoms. The summed E-state index contributed by atoms with van der Waals surface area (Å²) >= 11 is 0. The van der Waals surface area contributed by atoms with Gasteiger partial charge in [-0.1, -0.05) is 5.92 Å². The Morgan fingerprint density at radius 2 is 1.62 bits per heavy atom. The van der Waals surface area contributed by atoms with Gasteiger partial charge in [-0.05, 0) is 25.9 Å². The maximum absolute atomic E-state index is 9.89. The van der Waals surface area contributed by atoms with E-state index in [4.69, 9.17) is 16.6 Å². The number of piperidine rings is 3. The number of terminal acetylenes is 1. The molecule has 3 heterocycles. The van der Waals surface area contributed by atoms with Crippen molar-refractivity contribution in [2.45, 2.75) is 30.7 Å². The Balaban J connectivity index is 0.000000212. The molecule has 3 aliphatic rings. The first-order chi connectivity index (χ1) is 9.71. The van der Waals surface area contributed by atoms with Crippen molar-refractivity contribution in [1.82, 2.24) is 4.90 Å². The number of aliphatic hydroxyl groups is 3. The van der Waals surface area contributed by atoms with Crippen LogP contribution in [0, 0.1) is 18.3 Å². The van der Waals surface area contributed by atoms with Gasteiger partial charge in [0.15, 0.2) is 0 Å². The van der Waals surface area contributed by atoms with Crippen LogP contribution in [-0.4, -0.2) is 69.6 Å². The zero-order chi connectivity index (χ0) is 16.2. The lowest BCUT2D eigenvalue weighted by molar-refractivity contribution is -0.333. The van der Waals surface area contributed by atoms with E-state index >= 15 is 0 Å². The first-order valence-corrected chi connectivity index (χ1v) is 6.41. The van der Waals surface area contributed by atoms with Crippen molar-refractivity contribution in [1.29, 1.82) is 0 Å². The Hall–Kier alpha value is -1.66. The van der Waals surface area contributed by atoms with Gasteiger partial charge in [-0.2, -0.15) is 0 Å². The Labute approximate surface area is 121 Å². The maximum Gasteiger partial charge on any atom is 0.140 e. The van der Waals surface area contributed by atoms with Gasteiger partial charge in [0.1, 0.15) is 17.8 Å². The number of carbonyl (C=O) groups is 2. The topological polar surface area (TPSA) is 144 Å². The van der Waals surface area contributed by atoms with E-state index in [0.29, 0.717) is 12.5 Å². The number of fused-ring (bicyclic) bond motifs is 3. The molecule has 0 unspecified atom stereocenters. The molecule has 8 heteroatoms. The van der Waals surface area contributed by atoms with Crippen LogP contribution in [0.1, 0.15) is 12.8 Å². The Morgan fingerprint density at radius 1 is 1.19 bits per heavy atom. The standard InChI is InChI=1S/C9H13NO.C4H6O6/c1-2-9(11)7-10-5-3-8(9)4-6-10;5-1(3(7)8)2(6)4(9)10/h1,8,11H,3-7H2;1-2,5-6H,(H,7,8)(H,9,10)/p-2/t9-;1-,2-/m11/s1. The average Bonchev–Trinajstić information content (AvgIpc) is 2.47. The van der Waals surface area contributed by atoms with Crippen LogP contribution in [-0.2, 0) is 9.59 Å². The van der Waals surface area contributed by atoms with E-state index < -0.39 is 29.7 Å². The second-order valence-electron chi connectivity index (χ2n) is 5.15. The molecule has 8 nitrogen and oxygen atoms in total. The Bertz CT molecular complexity index is 420. The van der Waals surface area contributed by atoms with Gasteiger partial charge in [0, 0.05) is 12.5 Å². The van der Waals surface area contributed by atoms with Crippen molar-refractivity contribution in [3.63, 3.8) is 0 Å². The summed E-state index contributed by atoms with van der Waals surface area (Å²) in [5.74, 6) is -1.23. The number of carboxylic acid groups (broad SMARTS) is 2. The molecule has 3 aliphatic heterocycles. The lowest BCUT2D eigenvalue weighted by atomic mass is 9.76. The molecule has 0 radical (unpaired) electrons. The van der Waals surface area contributed by atoms with Gasteiger partial charge in [0.2, 0.25) is 0 Å². The number of carboxylic acids is 2. The van der Waals surface area contributed by atoms with Crippen LogP contribution < -0.4 is 10.2 Å². The highest BCUT2D eigenvalue weighted by Crippen LogP contribution is 2.34. The highest BCUT2D eigenvalue weighted by Gasteiger charge is 2.43. The van der Waals surface area contributed by atoms with Crippen molar-refractivity contribution < 1.29 is 35.1 Å². The first kappa shape index (κ1) is 17.4.